The van der Waals surface area contributed by atoms with Crippen LogP contribution in [0.25, 0.3) is 11.2 Å². The molecule has 3 amide bonds. The minimum absolute atomic E-state index is 0.0349. The number of halogens is 3. The molecule has 5 aromatic rings. The van der Waals surface area contributed by atoms with Gasteiger partial charge < -0.3 is 14.6 Å². The van der Waals surface area contributed by atoms with E-state index in [0.29, 0.717) is 33.7 Å². The zero-order chi connectivity index (χ0) is 31.6. The topological polar surface area (TPSA) is 106 Å². The minimum atomic E-state index is -4.79. The standard InChI is InChI=1S/C33H26F3N5O4/c34-33(35,36)45-23-14-12-21(13-15-23)19-40-28(38-26-11-6-18-37-30(26)40)16-17-29(42)39-27(22-7-2-1-3-8-22)20-41-31(43)24-9-4-5-10-25(24)32(41)44/h1-15,18,27H,16-17,19-20H2,(H,39,42)/t27-/m0/s1. The summed E-state index contributed by atoms with van der Waals surface area (Å²) in [4.78, 5) is 49.7. The van der Waals surface area contributed by atoms with Gasteiger partial charge in [-0.1, -0.05) is 54.6 Å². The molecule has 0 unspecified atom stereocenters. The third-order valence-corrected chi connectivity index (χ3v) is 7.44. The number of rotatable bonds is 10. The first-order chi connectivity index (χ1) is 21.7. The van der Waals surface area contributed by atoms with Crippen molar-refractivity contribution in [3.05, 3.63) is 125 Å². The largest absolute Gasteiger partial charge is 0.573 e. The summed E-state index contributed by atoms with van der Waals surface area (Å²) >= 11 is 0. The number of imidazole rings is 1. The van der Waals surface area contributed by atoms with E-state index in [2.05, 4.69) is 20.0 Å². The Balaban J connectivity index is 1.18. The molecule has 1 atom stereocenters. The number of aromatic nitrogens is 3. The van der Waals surface area contributed by atoms with Gasteiger partial charge >= 0.3 is 6.36 Å². The molecule has 9 nitrogen and oxygen atoms in total. The van der Waals surface area contributed by atoms with Gasteiger partial charge in [0.2, 0.25) is 5.91 Å². The Hall–Kier alpha value is -5.52. The van der Waals surface area contributed by atoms with E-state index < -0.39 is 24.2 Å². The van der Waals surface area contributed by atoms with Crippen molar-refractivity contribution in [1.29, 1.82) is 0 Å². The maximum Gasteiger partial charge on any atom is 0.573 e. The normalized spacial score (nSPS) is 13.6. The zero-order valence-corrected chi connectivity index (χ0v) is 23.7. The van der Waals surface area contributed by atoms with Crippen LogP contribution in [0.2, 0.25) is 0 Å². The molecule has 0 aliphatic carbocycles. The van der Waals surface area contributed by atoms with Crippen LogP contribution in [0.4, 0.5) is 13.2 Å². The Morgan fingerprint density at radius 2 is 1.53 bits per heavy atom. The molecule has 0 saturated carbocycles. The van der Waals surface area contributed by atoms with E-state index in [0.717, 1.165) is 10.5 Å². The van der Waals surface area contributed by atoms with E-state index in [1.54, 1.807) is 42.6 Å². The van der Waals surface area contributed by atoms with Gasteiger partial charge in [-0.3, -0.25) is 19.3 Å². The number of hydrogen-bond acceptors (Lipinski definition) is 6. The number of fused-ring (bicyclic) bond motifs is 2. The van der Waals surface area contributed by atoms with Crippen LogP contribution in [0.1, 0.15) is 50.1 Å². The van der Waals surface area contributed by atoms with Gasteiger partial charge in [0, 0.05) is 19.0 Å². The van der Waals surface area contributed by atoms with Crippen molar-refractivity contribution in [1.82, 2.24) is 24.8 Å². The number of carbonyl (C=O) groups is 3. The molecule has 6 rings (SSSR count). The lowest BCUT2D eigenvalue weighted by Crippen LogP contribution is -2.40. The monoisotopic (exact) mass is 613 g/mol. The molecule has 2 aromatic heterocycles. The average Bonchev–Trinajstić information content (AvgIpc) is 3.50. The molecule has 3 aromatic carbocycles. The summed E-state index contributed by atoms with van der Waals surface area (Å²) in [6.45, 7) is 0.210. The summed E-state index contributed by atoms with van der Waals surface area (Å²) < 4.78 is 43.5. The number of aryl methyl sites for hydroxylation is 1. The number of nitrogens with one attached hydrogen (secondary N) is 1. The molecule has 0 saturated heterocycles. The SMILES string of the molecule is O=C(CCc1nc2cccnc2n1Cc1ccc(OC(F)(F)F)cc1)N[C@@H](CN1C(=O)c2ccccc2C1=O)c1ccccc1. The number of carbonyl (C=O) groups excluding carboxylic acids is 3. The van der Waals surface area contributed by atoms with E-state index in [4.69, 9.17) is 0 Å². The van der Waals surface area contributed by atoms with Crippen LogP contribution >= 0.6 is 0 Å². The molecule has 3 heterocycles. The second-order valence-electron chi connectivity index (χ2n) is 10.4. The average molecular weight is 614 g/mol. The lowest BCUT2D eigenvalue weighted by Gasteiger charge is -2.24. The first-order valence-corrected chi connectivity index (χ1v) is 14.1. The highest BCUT2D eigenvalue weighted by Gasteiger charge is 2.37. The van der Waals surface area contributed by atoms with Crippen LogP contribution in [0.3, 0.4) is 0 Å². The molecule has 1 N–H and O–H groups in total. The third-order valence-electron chi connectivity index (χ3n) is 7.44. The van der Waals surface area contributed by atoms with E-state index in [1.807, 2.05) is 34.9 Å². The quantitative estimate of drug-likeness (QED) is 0.210. The van der Waals surface area contributed by atoms with E-state index >= 15 is 0 Å². The van der Waals surface area contributed by atoms with Crippen molar-refractivity contribution in [3.63, 3.8) is 0 Å². The highest BCUT2D eigenvalue weighted by molar-refractivity contribution is 6.21. The third kappa shape index (κ3) is 6.54. The van der Waals surface area contributed by atoms with Crippen molar-refractivity contribution in [3.8, 4) is 5.75 Å². The molecular formula is C33H26F3N5O4. The van der Waals surface area contributed by atoms with Gasteiger partial charge in [-0.2, -0.15) is 0 Å². The second kappa shape index (κ2) is 12.2. The predicted octanol–water partition coefficient (Wildman–Crippen LogP) is 5.46. The van der Waals surface area contributed by atoms with Crippen LogP contribution in [0.15, 0.2) is 97.2 Å². The van der Waals surface area contributed by atoms with Crippen molar-refractivity contribution in [2.75, 3.05) is 6.54 Å². The lowest BCUT2D eigenvalue weighted by atomic mass is 10.1. The summed E-state index contributed by atoms with van der Waals surface area (Å²) in [5, 5.41) is 2.98. The first-order valence-electron chi connectivity index (χ1n) is 14.1. The van der Waals surface area contributed by atoms with Gasteiger partial charge in [-0.15, -0.1) is 13.2 Å². The molecule has 0 spiro atoms. The van der Waals surface area contributed by atoms with Gasteiger partial charge in [0.25, 0.3) is 11.8 Å². The summed E-state index contributed by atoms with van der Waals surface area (Å²) in [7, 11) is 0. The van der Waals surface area contributed by atoms with E-state index in [-0.39, 0.29) is 37.6 Å². The molecule has 45 heavy (non-hydrogen) atoms. The van der Waals surface area contributed by atoms with Crippen molar-refractivity contribution in [2.24, 2.45) is 0 Å². The fraction of sp³-hybridized carbons (Fsp3) is 0.182. The number of benzene rings is 3. The number of nitrogens with zero attached hydrogens (tertiary/aromatic N) is 4. The van der Waals surface area contributed by atoms with Gasteiger partial charge in [0.15, 0.2) is 5.65 Å². The Morgan fingerprint density at radius 1 is 0.867 bits per heavy atom. The minimum Gasteiger partial charge on any atom is -0.406 e. The zero-order valence-electron chi connectivity index (χ0n) is 23.7. The highest BCUT2D eigenvalue weighted by Crippen LogP contribution is 2.27. The molecule has 0 radical (unpaired) electrons. The van der Waals surface area contributed by atoms with Gasteiger partial charge in [-0.25, -0.2) is 9.97 Å². The molecule has 228 valence electrons. The fourth-order valence-corrected chi connectivity index (χ4v) is 5.34. The number of amides is 3. The molecule has 1 aliphatic rings. The molecule has 0 fully saturated rings. The Morgan fingerprint density at radius 3 is 2.20 bits per heavy atom. The molecule has 12 heteroatoms. The number of ether oxygens (including phenoxy) is 1. The fourth-order valence-electron chi connectivity index (χ4n) is 5.34. The van der Waals surface area contributed by atoms with Crippen molar-refractivity contribution < 1.29 is 32.3 Å². The van der Waals surface area contributed by atoms with Crippen LogP contribution < -0.4 is 10.1 Å². The number of imide groups is 1. The Kier molecular flexibility index (Phi) is 8.03. The highest BCUT2D eigenvalue weighted by atomic mass is 19.4. The van der Waals surface area contributed by atoms with E-state index in [1.165, 1.54) is 24.3 Å². The van der Waals surface area contributed by atoms with Crippen LogP contribution in [-0.4, -0.2) is 50.1 Å². The number of alkyl halides is 3. The van der Waals surface area contributed by atoms with Gasteiger partial charge in [0.1, 0.15) is 17.1 Å². The maximum absolute atomic E-state index is 13.3. The van der Waals surface area contributed by atoms with Gasteiger partial charge in [-0.05, 0) is 47.5 Å². The van der Waals surface area contributed by atoms with Crippen molar-refractivity contribution >= 4 is 28.9 Å². The van der Waals surface area contributed by atoms with Crippen LogP contribution in [-0.2, 0) is 17.8 Å². The summed E-state index contributed by atoms with van der Waals surface area (Å²) in [5.74, 6) is -0.910. The van der Waals surface area contributed by atoms with Gasteiger partial charge in [0.05, 0.1) is 30.3 Å². The van der Waals surface area contributed by atoms with E-state index in [9.17, 15) is 27.6 Å². The van der Waals surface area contributed by atoms with Crippen LogP contribution in [0.5, 0.6) is 5.75 Å². The summed E-state index contributed by atoms with van der Waals surface area (Å²) in [6, 6.07) is 24.1. The Bertz CT molecular complexity index is 1840. The number of pyridine rings is 1. The molecule has 0 bridgehead atoms. The summed E-state index contributed by atoms with van der Waals surface area (Å²) in [5.41, 5.74) is 3.25. The van der Waals surface area contributed by atoms with Crippen LogP contribution in [0, 0.1) is 0 Å². The molecule has 1 aliphatic heterocycles. The second-order valence-corrected chi connectivity index (χ2v) is 10.4. The number of hydrogen-bond donors (Lipinski definition) is 1. The summed E-state index contributed by atoms with van der Waals surface area (Å²) in [6.07, 6.45) is -2.91. The Labute approximate surface area is 255 Å². The lowest BCUT2D eigenvalue weighted by molar-refractivity contribution is -0.274. The smallest absolute Gasteiger partial charge is 0.406 e. The predicted molar refractivity (Wildman–Crippen MR) is 157 cm³/mol. The maximum atomic E-state index is 13.3. The van der Waals surface area contributed by atoms with Crippen molar-refractivity contribution in [2.45, 2.75) is 31.8 Å². The molecular weight excluding hydrogens is 587 g/mol. The first kappa shape index (κ1) is 29.5.